The van der Waals surface area contributed by atoms with E-state index < -0.39 is 0 Å². The Morgan fingerprint density at radius 1 is 1.16 bits per heavy atom. The number of carbonyl (C=O) groups is 1. The maximum Gasteiger partial charge on any atom is 0.165 e. The molecule has 0 spiro atoms. The summed E-state index contributed by atoms with van der Waals surface area (Å²) in [6.07, 6.45) is 5.77. The SMILES string of the molecule is CC(C)(C)CCCCC(=O)c1c[nH]c2ccccc12. The van der Waals surface area contributed by atoms with Crippen LogP contribution in [0.4, 0.5) is 0 Å². The van der Waals surface area contributed by atoms with Crippen LogP contribution in [0.15, 0.2) is 30.5 Å². The Morgan fingerprint density at radius 2 is 1.89 bits per heavy atom. The van der Waals surface area contributed by atoms with Crippen LogP contribution in [0.5, 0.6) is 0 Å². The quantitative estimate of drug-likeness (QED) is 0.596. The van der Waals surface area contributed by atoms with E-state index in [9.17, 15) is 4.79 Å². The van der Waals surface area contributed by atoms with E-state index in [0.29, 0.717) is 11.8 Å². The molecule has 2 heteroatoms. The first-order valence-electron chi connectivity index (χ1n) is 7.07. The normalized spacial score (nSPS) is 11.9. The smallest absolute Gasteiger partial charge is 0.165 e. The van der Waals surface area contributed by atoms with Gasteiger partial charge < -0.3 is 4.98 Å². The zero-order chi connectivity index (χ0) is 13.9. The van der Waals surface area contributed by atoms with Crippen molar-refractivity contribution in [3.05, 3.63) is 36.0 Å². The average Bonchev–Trinajstić information content (AvgIpc) is 2.77. The van der Waals surface area contributed by atoms with E-state index in [0.717, 1.165) is 29.3 Å². The van der Waals surface area contributed by atoms with Gasteiger partial charge in [-0.3, -0.25) is 4.79 Å². The van der Waals surface area contributed by atoms with Crippen LogP contribution in [0.3, 0.4) is 0 Å². The van der Waals surface area contributed by atoms with Crippen molar-refractivity contribution in [1.82, 2.24) is 4.98 Å². The molecular formula is C17H23NO. The summed E-state index contributed by atoms with van der Waals surface area (Å²) in [5.41, 5.74) is 2.25. The molecule has 0 aliphatic rings. The Bertz CT molecular complexity index is 560. The predicted molar refractivity (Wildman–Crippen MR) is 80.6 cm³/mol. The van der Waals surface area contributed by atoms with Crippen molar-refractivity contribution < 1.29 is 4.79 Å². The van der Waals surface area contributed by atoms with Crippen LogP contribution in [0.2, 0.25) is 0 Å². The minimum Gasteiger partial charge on any atom is -0.360 e. The molecule has 0 aliphatic heterocycles. The van der Waals surface area contributed by atoms with Crippen LogP contribution < -0.4 is 0 Å². The van der Waals surface area contributed by atoms with E-state index >= 15 is 0 Å². The zero-order valence-electron chi connectivity index (χ0n) is 12.1. The summed E-state index contributed by atoms with van der Waals surface area (Å²) >= 11 is 0. The first kappa shape index (κ1) is 13.9. The van der Waals surface area contributed by atoms with Crippen molar-refractivity contribution in [2.45, 2.75) is 46.5 Å². The number of hydrogen-bond donors (Lipinski definition) is 1. The van der Waals surface area contributed by atoms with Gasteiger partial charge in [-0.05, 0) is 24.3 Å². The Morgan fingerprint density at radius 3 is 2.63 bits per heavy atom. The molecule has 2 aromatic rings. The molecule has 1 aromatic heterocycles. The lowest BCUT2D eigenvalue weighted by Crippen LogP contribution is -2.05. The Kier molecular flexibility index (Phi) is 4.08. The molecule has 0 bridgehead atoms. The summed E-state index contributed by atoms with van der Waals surface area (Å²) in [5, 5.41) is 1.04. The number of ketones is 1. The van der Waals surface area contributed by atoms with E-state index in [-0.39, 0.29) is 5.78 Å². The molecule has 0 saturated heterocycles. The number of fused-ring (bicyclic) bond motifs is 1. The van der Waals surface area contributed by atoms with Gasteiger partial charge in [-0.2, -0.15) is 0 Å². The van der Waals surface area contributed by atoms with Crippen LogP contribution in [0.25, 0.3) is 10.9 Å². The van der Waals surface area contributed by atoms with Crippen molar-refractivity contribution in [3.63, 3.8) is 0 Å². The number of aromatic amines is 1. The van der Waals surface area contributed by atoms with Gasteiger partial charge in [0.2, 0.25) is 0 Å². The largest absolute Gasteiger partial charge is 0.360 e. The number of para-hydroxylation sites is 1. The van der Waals surface area contributed by atoms with E-state index in [4.69, 9.17) is 0 Å². The number of benzene rings is 1. The number of unbranched alkanes of at least 4 members (excludes halogenated alkanes) is 1. The lowest BCUT2D eigenvalue weighted by molar-refractivity contribution is 0.0979. The summed E-state index contributed by atoms with van der Waals surface area (Å²) in [6.45, 7) is 6.73. The molecule has 0 saturated carbocycles. The monoisotopic (exact) mass is 257 g/mol. The van der Waals surface area contributed by atoms with Gasteiger partial charge in [0, 0.05) is 29.1 Å². The summed E-state index contributed by atoms with van der Waals surface area (Å²) < 4.78 is 0. The molecule has 0 atom stereocenters. The number of rotatable bonds is 5. The van der Waals surface area contributed by atoms with E-state index in [1.807, 2.05) is 30.5 Å². The van der Waals surface area contributed by atoms with E-state index in [2.05, 4.69) is 25.8 Å². The van der Waals surface area contributed by atoms with Crippen molar-refractivity contribution in [1.29, 1.82) is 0 Å². The fourth-order valence-corrected chi connectivity index (χ4v) is 2.38. The molecule has 2 nitrogen and oxygen atoms in total. The fourth-order valence-electron chi connectivity index (χ4n) is 2.38. The number of Topliss-reactive ketones (excluding diaryl/α,β-unsaturated/α-hetero) is 1. The number of nitrogens with one attached hydrogen (secondary N) is 1. The minimum atomic E-state index is 0.256. The van der Waals surface area contributed by atoms with Crippen molar-refractivity contribution >= 4 is 16.7 Å². The lowest BCUT2D eigenvalue weighted by Gasteiger charge is -2.17. The standard InChI is InChI=1S/C17H23NO/c1-17(2,3)11-7-6-10-16(19)14-12-18-15-9-5-4-8-13(14)15/h4-5,8-9,12,18H,6-7,10-11H2,1-3H3. The molecule has 0 aliphatic carbocycles. The molecule has 0 fully saturated rings. The molecule has 0 unspecified atom stereocenters. The molecule has 102 valence electrons. The van der Waals surface area contributed by atoms with Gasteiger partial charge in [0.15, 0.2) is 5.78 Å². The lowest BCUT2D eigenvalue weighted by atomic mass is 9.89. The van der Waals surface area contributed by atoms with E-state index in [1.54, 1.807) is 0 Å². The third-order valence-electron chi connectivity index (χ3n) is 3.47. The third-order valence-corrected chi connectivity index (χ3v) is 3.47. The van der Waals surface area contributed by atoms with E-state index in [1.165, 1.54) is 6.42 Å². The first-order chi connectivity index (χ1) is 8.97. The van der Waals surface area contributed by atoms with Crippen LogP contribution in [0, 0.1) is 5.41 Å². The number of H-pyrrole nitrogens is 1. The highest BCUT2D eigenvalue weighted by molar-refractivity contribution is 6.07. The fraction of sp³-hybridized carbons (Fsp3) is 0.471. The molecule has 1 aromatic carbocycles. The van der Waals surface area contributed by atoms with Crippen molar-refractivity contribution in [3.8, 4) is 0 Å². The summed E-state index contributed by atoms with van der Waals surface area (Å²) in [5.74, 6) is 0.256. The van der Waals surface area contributed by atoms with Crippen molar-refractivity contribution in [2.24, 2.45) is 5.41 Å². The van der Waals surface area contributed by atoms with Gasteiger partial charge in [0.25, 0.3) is 0 Å². The average molecular weight is 257 g/mol. The molecule has 0 amide bonds. The van der Waals surface area contributed by atoms with Gasteiger partial charge in [-0.25, -0.2) is 0 Å². The second-order valence-electron chi connectivity index (χ2n) is 6.44. The van der Waals surface area contributed by atoms with Gasteiger partial charge in [0.1, 0.15) is 0 Å². The number of hydrogen-bond acceptors (Lipinski definition) is 1. The van der Waals surface area contributed by atoms with Gasteiger partial charge >= 0.3 is 0 Å². The Labute approximate surface area is 115 Å². The first-order valence-corrected chi connectivity index (χ1v) is 7.07. The van der Waals surface area contributed by atoms with Gasteiger partial charge in [-0.1, -0.05) is 45.4 Å². The minimum absolute atomic E-state index is 0.256. The predicted octanol–water partition coefficient (Wildman–Crippen LogP) is 4.96. The van der Waals surface area contributed by atoms with Crippen LogP contribution >= 0.6 is 0 Å². The second-order valence-corrected chi connectivity index (χ2v) is 6.44. The molecular weight excluding hydrogens is 234 g/mol. The second kappa shape index (κ2) is 5.60. The maximum absolute atomic E-state index is 12.2. The topological polar surface area (TPSA) is 32.9 Å². The summed E-state index contributed by atoms with van der Waals surface area (Å²) in [7, 11) is 0. The molecule has 2 rings (SSSR count). The summed E-state index contributed by atoms with van der Waals surface area (Å²) in [6, 6.07) is 7.98. The van der Waals surface area contributed by atoms with Crippen LogP contribution in [-0.2, 0) is 0 Å². The zero-order valence-corrected chi connectivity index (χ0v) is 12.1. The molecule has 0 radical (unpaired) electrons. The van der Waals surface area contributed by atoms with Crippen molar-refractivity contribution in [2.75, 3.05) is 0 Å². The van der Waals surface area contributed by atoms with Gasteiger partial charge in [-0.15, -0.1) is 0 Å². The van der Waals surface area contributed by atoms with Crippen LogP contribution in [-0.4, -0.2) is 10.8 Å². The Hall–Kier alpha value is -1.57. The highest BCUT2D eigenvalue weighted by atomic mass is 16.1. The maximum atomic E-state index is 12.2. The van der Waals surface area contributed by atoms with Gasteiger partial charge in [0.05, 0.1) is 0 Å². The third kappa shape index (κ3) is 3.69. The number of aromatic nitrogens is 1. The Balaban J connectivity index is 1.93. The highest BCUT2D eigenvalue weighted by Gasteiger charge is 2.13. The van der Waals surface area contributed by atoms with Crippen LogP contribution in [0.1, 0.15) is 56.8 Å². The molecule has 19 heavy (non-hydrogen) atoms. The molecule has 1 heterocycles. The highest BCUT2D eigenvalue weighted by Crippen LogP contribution is 2.24. The summed E-state index contributed by atoms with van der Waals surface area (Å²) in [4.78, 5) is 15.4. The molecule has 1 N–H and O–H groups in total. The number of carbonyl (C=O) groups excluding carboxylic acids is 1.